The average Bonchev–Trinajstić information content (AvgIpc) is 2.78. The lowest BCUT2D eigenvalue weighted by Crippen LogP contribution is -2.18. The molecule has 5 heteroatoms. The summed E-state index contributed by atoms with van der Waals surface area (Å²) in [6.07, 6.45) is 1.18. The number of nitrogens with zero attached hydrogens (tertiary/aromatic N) is 1. The van der Waals surface area contributed by atoms with Crippen LogP contribution < -0.4 is 5.32 Å². The quantitative estimate of drug-likeness (QED) is 0.869. The lowest BCUT2D eigenvalue weighted by Gasteiger charge is -2.26. The van der Waals surface area contributed by atoms with E-state index in [2.05, 4.69) is 56.5 Å². The van der Waals surface area contributed by atoms with Crippen LogP contribution in [-0.2, 0) is 0 Å². The molecule has 0 radical (unpaired) electrons. The second kappa shape index (κ2) is 7.34. The first-order chi connectivity index (χ1) is 9.13. The Morgan fingerprint density at radius 1 is 1.37 bits per heavy atom. The van der Waals surface area contributed by atoms with Crippen LogP contribution in [-0.4, -0.2) is 28.3 Å². The van der Waals surface area contributed by atoms with Gasteiger partial charge in [0, 0.05) is 27.7 Å². The van der Waals surface area contributed by atoms with Crippen molar-refractivity contribution in [3.8, 4) is 0 Å². The highest BCUT2D eigenvalue weighted by atomic mass is 32.2. The third-order valence-corrected chi connectivity index (χ3v) is 8.05. The molecule has 2 rings (SSSR count). The summed E-state index contributed by atoms with van der Waals surface area (Å²) in [5.74, 6) is 2.55. The first-order valence-electron chi connectivity index (χ1n) is 7.07. The van der Waals surface area contributed by atoms with Gasteiger partial charge >= 0.3 is 0 Å². The highest BCUT2D eigenvalue weighted by Gasteiger charge is 2.28. The number of nitrogens with one attached hydrogen (secondary N) is 1. The van der Waals surface area contributed by atoms with E-state index in [9.17, 15) is 0 Å². The molecule has 3 unspecified atom stereocenters. The molecule has 1 aromatic heterocycles. The van der Waals surface area contributed by atoms with Crippen molar-refractivity contribution >= 4 is 34.9 Å². The van der Waals surface area contributed by atoms with E-state index < -0.39 is 0 Å². The van der Waals surface area contributed by atoms with Crippen molar-refractivity contribution in [2.75, 3.05) is 18.1 Å². The van der Waals surface area contributed by atoms with E-state index in [0.29, 0.717) is 16.5 Å². The Labute approximate surface area is 129 Å². The Morgan fingerprint density at radius 3 is 2.79 bits per heavy atom. The van der Waals surface area contributed by atoms with E-state index in [4.69, 9.17) is 4.98 Å². The number of thiazole rings is 1. The first kappa shape index (κ1) is 15.7. The van der Waals surface area contributed by atoms with Crippen molar-refractivity contribution < 1.29 is 0 Å². The van der Waals surface area contributed by atoms with Gasteiger partial charge in [-0.05, 0) is 26.8 Å². The predicted molar refractivity (Wildman–Crippen MR) is 90.7 cm³/mol. The SMILES string of the molecule is CCCNC(C)c1sc(C2SCCSC2C)nc1C. The zero-order chi connectivity index (χ0) is 13.8. The molecule has 1 fully saturated rings. The van der Waals surface area contributed by atoms with Gasteiger partial charge in [0.15, 0.2) is 0 Å². The van der Waals surface area contributed by atoms with Gasteiger partial charge in [-0.2, -0.15) is 11.8 Å². The van der Waals surface area contributed by atoms with Crippen molar-refractivity contribution in [3.63, 3.8) is 0 Å². The molecule has 0 spiro atoms. The van der Waals surface area contributed by atoms with Crippen LogP contribution >= 0.6 is 34.9 Å². The van der Waals surface area contributed by atoms with Crippen LogP contribution in [0.4, 0.5) is 0 Å². The molecule has 108 valence electrons. The minimum absolute atomic E-state index is 0.433. The molecule has 1 N–H and O–H groups in total. The molecule has 0 saturated carbocycles. The maximum Gasteiger partial charge on any atom is 0.107 e. The first-order valence-corrected chi connectivity index (χ1v) is 9.98. The summed E-state index contributed by atoms with van der Waals surface area (Å²) in [5.41, 5.74) is 1.22. The van der Waals surface area contributed by atoms with Crippen molar-refractivity contribution in [2.24, 2.45) is 0 Å². The predicted octanol–water partition coefficient (Wildman–Crippen LogP) is 4.42. The Hall–Kier alpha value is 0.290. The number of rotatable bonds is 5. The molecule has 1 aromatic rings. The summed E-state index contributed by atoms with van der Waals surface area (Å²) in [5, 5.41) is 6.19. The lowest BCUT2D eigenvalue weighted by molar-refractivity contribution is 0.575. The minimum atomic E-state index is 0.433. The summed E-state index contributed by atoms with van der Waals surface area (Å²) in [7, 11) is 0. The van der Waals surface area contributed by atoms with Crippen molar-refractivity contribution in [1.82, 2.24) is 10.3 Å². The van der Waals surface area contributed by atoms with Gasteiger partial charge in [-0.1, -0.05) is 13.8 Å². The van der Waals surface area contributed by atoms with Crippen LogP contribution in [0.2, 0.25) is 0 Å². The van der Waals surface area contributed by atoms with Gasteiger partial charge in [0.1, 0.15) is 5.01 Å². The largest absolute Gasteiger partial charge is 0.309 e. The molecule has 0 aromatic carbocycles. The number of aromatic nitrogens is 1. The van der Waals surface area contributed by atoms with Crippen LogP contribution in [0.3, 0.4) is 0 Å². The van der Waals surface area contributed by atoms with Gasteiger partial charge in [0.2, 0.25) is 0 Å². The molecular formula is C14H24N2S3. The standard InChI is InChI=1S/C14H24N2S3/c1-5-6-15-9(2)12-10(3)16-14(19-12)13-11(4)17-7-8-18-13/h9,11,13,15H,5-8H2,1-4H3. The van der Waals surface area contributed by atoms with Crippen LogP contribution in [0.15, 0.2) is 0 Å². The smallest absolute Gasteiger partial charge is 0.107 e. The number of hydrogen-bond donors (Lipinski definition) is 1. The highest BCUT2D eigenvalue weighted by molar-refractivity contribution is 8.06. The minimum Gasteiger partial charge on any atom is -0.309 e. The number of hydrogen-bond acceptors (Lipinski definition) is 5. The van der Waals surface area contributed by atoms with Gasteiger partial charge in [-0.15, -0.1) is 23.1 Å². The Bertz CT molecular complexity index is 405. The Kier molecular flexibility index (Phi) is 6.06. The fraction of sp³-hybridized carbons (Fsp3) is 0.786. The van der Waals surface area contributed by atoms with Crippen molar-refractivity contribution in [2.45, 2.75) is 50.7 Å². The fourth-order valence-corrected chi connectivity index (χ4v) is 6.56. The van der Waals surface area contributed by atoms with Gasteiger partial charge in [-0.25, -0.2) is 4.98 Å². The molecule has 1 aliphatic rings. The molecule has 0 aliphatic carbocycles. The second-order valence-corrected chi connectivity index (χ2v) is 8.84. The Morgan fingerprint density at radius 2 is 2.11 bits per heavy atom. The third kappa shape index (κ3) is 3.90. The molecule has 0 bridgehead atoms. The average molecular weight is 317 g/mol. The van der Waals surface area contributed by atoms with Gasteiger partial charge in [-0.3, -0.25) is 0 Å². The van der Waals surface area contributed by atoms with Crippen LogP contribution in [0.5, 0.6) is 0 Å². The molecular weight excluding hydrogens is 292 g/mol. The van der Waals surface area contributed by atoms with Crippen LogP contribution in [0.25, 0.3) is 0 Å². The summed E-state index contributed by atoms with van der Waals surface area (Å²) in [6.45, 7) is 10.0. The number of aryl methyl sites for hydroxylation is 1. The lowest BCUT2D eigenvalue weighted by atomic mass is 10.2. The maximum absolute atomic E-state index is 4.86. The highest BCUT2D eigenvalue weighted by Crippen LogP contribution is 2.44. The van der Waals surface area contributed by atoms with Crippen molar-refractivity contribution in [1.29, 1.82) is 0 Å². The Balaban J connectivity index is 2.11. The molecule has 0 amide bonds. The summed E-state index contributed by atoms with van der Waals surface area (Å²) in [4.78, 5) is 6.28. The second-order valence-electron chi connectivity index (χ2n) is 5.04. The summed E-state index contributed by atoms with van der Waals surface area (Å²) < 4.78 is 0. The van der Waals surface area contributed by atoms with E-state index in [1.54, 1.807) is 0 Å². The molecule has 1 aliphatic heterocycles. The topological polar surface area (TPSA) is 24.9 Å². The molecule has 19 heavy (non-hydrogen) atoms. The van der Waals surface area contributed by atoms with E-state index in [1.165, 1.54) is 33.5 Å². The zero-order valence-corrected chi connectivity index (χ0v) is 14.7. The summed E-state index contributed by atoms with van der Waals surface area (Å²) >= 11 is 6.09. The molecule has 2 nitrogen and oxygen atoms in total. The van der Waals surface area contributed by atoms with Gasteiger partial charge in [0.05, 0.1) is 10.9 Å². The maximum atomic E-state index is 4.86. The zero-order valence-electron chi connectivity index (χ0n) is 12.2. The molecule has 2 heterocycles. The monoisotopic (exact) mass is 316 g/mol. The van der Waals surface area contributed by atoms with Gasteiger partial charge < -0.3 is 5.32 Å². The molecule has 3 atom stereocenters. The van der Waals surface area contributed by atoms with E-state index >= 15 is 0 Å². The number of thioether (sulfide) groups is 2. The molecule has 1 saturated heterocycles. The van der Waals surface area contributed by atoms with E-state index in [-0.39, 0.29) is 0 Å². The summed E-state index contributed by atoms with van der Waals surface area (Å²) in [6, 6.07) is 0.433. The van der Waals surface area contributed by atoms with E-state index in [0.717, 1.165) is 6.54 Å². The van der Waals surface area contributed by atoms with E-state index in [1.807, 2.05) is 11.3 Å². The van der Waals surface area contributed by atoms with Crippen LogP contribution in [0, 0.1) is 6.92 Å². The third-order valence-electron chi connectivity index (χ3n) is 3.37. The van der Waals surface area contributed by atoms with Crippen LogP contribution in [0.1, 0.15) is 54.1 Å². The van der Waals surface area contributed by atoms with Gasteiger partial charge in [0.25, 0.3) is 0 Å². The fourth-order valence-electron chi connectivity index (χ4n) is 2.31. The van der Waals surface area contributed by atoms with Crippen molar-refractivity contribution in [3.05, 3.63) is 15.6 Å². The normalized spacial score (nSPS) is 25.5.